The number of carbonyl (C=O) groups excluding carboxylic acids is 1. The Hall–Kier alpha value is -1.78. The summed E-state index contributed by atoms with van der Waals surface area (Å²) in [5, 5.41) is 0. The molecule has 106 valence electrons. The predicted molar refractivity (Wildman–Crippen MR) is 65.9 cm³/mol. The number of halogens is 3. The average molecular weight is 282 g/mol. The highest BCUT2D eigenvalue weighted by molar-refractivity contribution is 5.76. The molecule has 2 bridgehead atoms. The molecule has 1 fully saturated rings. The highest BCUT2D eigenvalue weighted by Gasteiger charge is 2.41. The fourth-order valence-corrected chi connectivity index (χ4v) is 2.96. The SMILES string of the molecule is O=C(Oc1ccc(C(F)(F)F)cc1)[C@@H]1C[C@@H]2C=C[C@H]1C2. The molecule has 20 heavy (non-hydrogen) atoms. The van der Waals surface area contributed by atoms with Gasteiger partial charge in [-0.3, -0.25) is 4.79 Å². The highest BCUT2D eigenvalue weighted by Crippen LogP contribution is 2.44. The standard InChI is InChI=1S/C15H13F3O2/c16-15(17,18)11-3-5-12(6-4-11)20-14(19)13-8-9-1-2-10(13)7-9/h1-6,9-10,13H,7-8H2/t9-,10+,13-/m1/s1. The third-order valence-corrected chi connectivity index (χ3v) is 3.98. The van der Waals surface area contributed by atoms with Crippen molar-refractivity contribution in [2.75, 3.05) is 0 Å². The second-order valence-electron chi connectivity index (χ2n) is 5.33. The number of ether oxygens (including phenoxy) is 1. The van der Waals surface area contributed by atoms with Gasteiger partial charge in [0, 0.05) is 0 Å². The molecule has 1 aromatic carbocycles. The lowest BCUT2D eigenvalue weighted by molar-refractivity contribution is -0.139. The van der Waals surface area contributed by atoms with Crippen LogP contribution in [0, 0.1) is 17.8 Å². The van der Waals surface area contributed by atoms with Crippen LogP contribution in [-0.2, 0) is 11.0 Å². The summed E-state index contributed by atoms with van der Waals surface area (Å²) in [6.07, 6.45) is 1.53. The number of fused-ring (bicyclic) bond motifs is 2. The van der Waals surface area contributed by atoms with Crippen LogP contribution in [0.25, 0.3) is 0 Å². The van der Waals surface area contributed by atoms with Crippen LogP contribution < -0.4 is 4.74 Å². The second kappa shape index (κ2) is 4.65. The van der Waals surface area contributed by atoms with Crippen molar-refractivity contribution in [3.8, 4) is 5.75 Å². The Labute approximate surface area is 114 Å². The molecule has 0 saturated heterocycles. The average Bonchev–Trinajstić information content (AvgIpc) is 3.00. The molecule has 1 aromatic rings. The first kappa shape index (κ1) is 13.2. The zero-order valence-corrected chi connectivity index (χ0v) is 10.6. The molecule has 0 N–H and O–H groups in total. The topological polar surface area (TPSA) is 26.3 Å². The summed E-state index contributed by atoms with van der Waals surface area (Å²) in [4.78, 5) is 12.0. The number of hydrogen-bond donors (Lipinski definition) is 0. The van der Waals surface area contributed by atoms with Gasteiger partial charge in [0.05, 0.1) is 11.5 Å². The lowest BCUT2D eigenvalue weighted by Crippen LogP contribution is -2.24. The van der Waals surface area contributed by atoms with E-state index in [9.17, 15) is 18.0 Å². The largest absolute Gasteiger partial charge is 0.426 e. The molecule has 0 aliphatic heterocycles. The first-order chi connectivity index (χ1) is 9.43. The maximum atomic E-state index is 12.4. The van der Waals surface area contributed by atoms with Gasteiger partial charge in [0.25, 0.3) is 0 Å². The molecule has 0 heterocycles. The van der Waals surface area contributed by atoms with Crippen LogP contribution in [-0.4, -0.2) is 5.97 Å². The van der Waals surface area contributed by atoms with Gasteiger partial charge in [-0.25, -0.2) is 0 Å². The van der Waals surface area contributed by atoms with Gasteiger partial charge < -0.3 is 4.74 Å². The molecular formula is C15H13F3O2. The third kappa shape index (κ3) is 2.44. The van der Waals surface area contributed by atoms with Crippen molar-refractivity contribution in [2.45, 2.75) is 19.0 Å². The Morgan fingerprint density at radius 2 is 1.80 bits per heavy atom. The van der Waals surface area contributed by atoms with Crippen molar-refractivity contribution in [3.63, 3.8) is 0 Å². The van der Waals surface area contributed by atoms with E-state index in [1.165, 1.54) is 12.1 Å². The van der Waals surface area contributed by atoms with Crippen molar-refractivity contribution in [1.29, 1.82) is 0 Å². The van der Waals surface area contributed by atoms with Crippen molar-refractivity contribution in [2.24, 2.45) is 17.8 Å². The maximum Gasteiger partial charge on any atom is 0.416 e. The quantitative estimate of drug-likeness (QED) is 0.468. The number of hydrogen-bond acceptors (Lipinski definition) is 2. The summed E-state index contributed by atoms with van der Waals surface area (Å²) in [6, 6.07) is 4.21. The summed E-state index contributed by atoms with van der Waals surface area (Å²) >= 11 is 0. The number of allylic oxidation sites excluding steroid dienone is 2. The molecule has 0 spiro atoms. The Morgan fingerprint density at radius 1 is 1.10 bits per heavy atom. The fraction of sp³-hybridized carbons (Fsp3) is 0.400. The molecule has 0 amide bonds. The maximum absolute atomic E-state index is 12.4. The Morgan fingerprint density at radius 3 is 2.30 bits per heavy atom. The van der Waals surface area contributed by atoms with E-state index < -0.39 is 11.7 Å². The Kier molecular flexibility index (Phi) is 3.07. The minimum Gasteiger partial charge on any atom is -0.426 e. The Bertz CT molecular complexity index is 545. The number of rotatable bonds is 2. The molecule has 0 aromatic heterocycles. The summed E-state index contributed by atoms with van der Waals surface area (Å²) in [5.74, 6) is 0.329. The molecule has 2 nitrogen and oxygen atoms in total. The highest BCUT2D eigenvalue weighted by atomic mass is 19.4. The van der Waals surface area contributed by atoms with E-state index in [-0.39, 0.29) is 23.6 Å². The molecule has 1 saturated carbocycles. The van der Waals surface area contributed by atoms with E-state index in [1.54, 1.807) is 0 Å². The fourth-order valence-electron chi connectivity index (χ4n) is 2.96. The molecule has 2 aliphatic carbocycles. The zero-order valence-electron chi connectivity index (χ0n) is 10.6. The summed E-state index contributed by atoms with van der Waals surface area (Å²) in [7, 11) is 0. The van der Waals surface area contributed by atoms with Gasteiger partial charge in [0.1, 0.15) is 5.75 Å². The minimum absolute atomic E-state index is 0.160. The van der Waals surface area contributed by atoms with E-state index in [4.69, 9.17) is 4.74 Å². The van der Waals surface area contributed by atoms with Crippen molar-refractivity contribution in [3.05, 3.63) is 42.0 Å². The third-order valence-electron chi connectivity index (χ3n) is 3.98. The van der Waals surface area contributed by atoms with Crippen molar-refractivity contribution < 1.29 is 22.7 Å². The van der Waals surface area contributed by atoms with E-state index in [0.717, 1.165) is 25.0 Å². The number of alkyl halides is 3. The van der Waals surface area contributed by atoms with Crippen LogP contribution in [0.4, 0.5) is 13.2 Å². The van der Waals surface area contributed by atoms with E-state index in [0.29, 0.717) is 5.92 Å². The molecule has 3 rings (SSSR count). The summed E-state index contributed by atoms with van der Waals surface area (Å²) < 4.78 is 42.4. The van der Waals surface area contributed by atoms with Crippen LogP contribution >= 0.6 is 0 Å². The summed E-state index contributed by atoms with van der Waals surface area (Å²) in [6.45, 7) is 0. The molecular weight excluding hydrogens is 269 g/mol. The van der Waals surface area contributed by atoms with Crippen LogP contribution in [0.15, 0.2) is 36.4 Å². The van der Waals surface area contributed by atoms with Gasteiger partial charge in [0.15, 0.2) is 0 Å². The van der Waals surface area contributed by atoms with E-state index in [2.05, 4.69) is 6.08 Å². The number of carbonyl (C=O) groups is 1. The second-order valence-corrected chi connectivity index (χ2v) is 5.33. The summed E-state index contributed by atoms with van der Waals surface area (Å²) in [5.41, 5.74) is -0.750. The smallest absolute Gasteiger partial charge is 0.416 e. The van der Waals surface area contributed by atoms with Gasteiger partial charge in [0.2, 0.25) is 0 Å². The minimum atomic E-state index is -4.38. The van der Waals surface area contributed by atoms with Gasteiger partial charge in [-0.15, -0.1) is 0 Å². The monoisotopic (exact) mass is 282 g/mol. The first-order valence-electron chi connectivity index (χ1n) is 6.51. The van der Waals surface area contributed by atoms with Crippen LogP contribution in [0.2, 0.25) is 0 Å². The number of esters is 1. The molecule has 3 atom stereocenters. The molecule has 2 aliphatic rings. The normalized spacial score (nSPS) is 27.9. The molecule has 0 radical (unpaired) electrons. The first-order valence-corrected chi connectivity index (χ1v) is 6.51. The van der Waals surface area contributed by atoms with Crippen molar-refractivity contribution in [1.82, 2.24) is 0 Å². The molecule has 0 unspecified atom stereocenters. The van der Waals surface area contributed by atoms with Gasteiger partial charge in [-0.1, -0.05) is 12.2 Å². The number of benzene rings is 1. The van der Waals surface area contributed by atoms with Crippen LogP contribution in [0.3, 0.4) is 0 Å². The van der Waals surface area contributed by atoms with Crippen LogP contribution in [0.1, 0.15) is 18.4 Å². The lowest BCUT2D eigenvalue weighted by atomic mass is 9.94. The van der Waals surface area contributed by atoms with E-state index >= 15 is 0 Å². The van der Waals surface area contributed by atoms with Gasteiger partial charge in [-0.2, -0.15) is 13.2 Å². The van der Waals surface area contributed by atoms with Crippen molar-refractivity contribution >= 4 is 5.97 Å². The van der Waals surface area contributed by atoms with E-state index in [1.807, 2.05) is 6.08 Å². The lowest BCUT2D eigenvalue weighted by Gasteiger charge is -2.16. The van der Waals surface area contributed by atoms with Crippen LogP contribution in [0.5, 0.6) is 5.75 Å². The zero-order chi connectivity index (χ0) is 14.3. The Balaban J connectivity index is 1.66. The van der Waals surface area contributed by atoms with Gasteiger partial charge >= 0.3 is 12.1 Å². The predicted octanol–water partition coefficient (Wildman–Crippen LogP) is 3.82. The molecule has 5 heteroatoms. The van der Waals surface area contributed by atoms with Gasteiger partial charge in [-0.05, 0) is 48.9 Å².